The summed E-state index contributed by atoms with van der Waals surface area (Å²) >= 11 is 0. The Hall–Kier alpha value is -4.35. The Bertz CT molecular complexity index is 1560. The lowest BCUT2D eigenvalue weighted by molar-refractivity contribution is 0.0254. The molecule has 0 unspecified atom stereocenters. The van der Waals surface area contributed by atoms with Gasteiger partial charge in [0.1, 0.15) is 34.9 Å². The number of methoxy groups -OCH3 is 1. The highest BCUT2D eigenvalue weighted by atomic mass is 16.5. The van der Waals surface area contributed by atoms with Crippen molar-refractivity contribution in [3.05, 3.63) is 65.9 Å². The molecule has 39 heavy (non-hydrogen) atoms. The number of pyridine rings is 1. The van der Waals surface area contributed by atoms with E-state index in [1.165, 1.54) is 0 Å². The van der Waals surface area contributed by atoms with Crippen LogP contribution in [0.3, 0.4) is 0 Å². The van der Waals surface area contributed by atoms with Crippen LogP contribution in [0.2, 0.25) is 0 Å². The largest absolute Gasteiger partial charge is 0.496 e. The molecule has 0 saturated carbocycles. The number of furan rings is 1. The number of aromatic nitrogens is 1. The lowest BCUT2D eigenvalue weighted by atomic mass is 10.0. The highest BCUT2D eigenvalue weighted by molar-refractivity contribution is 5.97. The van der Waals surface area contributed by atoms with Crippen LogP contribution in [-0.4, -0.2) is 55.3 Å². The van der Waals surface area contributed by atoms with E-state index in [0.29, 0.717) is 52.7 Å². The molecule has 0 aliphatic carbocycles. The number of ether oxygens (including phenoxy) is 3. The molecule has 0 spiro atoms. The second-order valence-corrected chi connectivity index (χ2v) is 9.85. The standard InChI is InChI=1S/C31H29N3O5/c1-36-28-17-21(31(35)34-12-2-3-13-34)4-6-25(28)29-18-26-30(39-29)24(8-11-33-26)20-5-7-27(22(16-20)19-32)38-23-9-14-37-15-10-23/h4-8,11,16-18,23H,2-3,9-10,12-15H2,1H3. The summed E-state index contributed by atoms with van der Waals surface area (Å²) in [6.07, 6.45) is 5.47. The minimum absolute atomic E-state index is 0.0171. The lowest BCUT2D eigenvalue weighted by Crippen LogP contribution is -2.27. The lowest BCUT2D eigenvalue weighted by Gasteiger charge is -2.23. The quantitative estimate of drug-likeness (QED) is 0.313. The summed E-state index contributed by atoms with van der Waals surface area (Å²) in [4.78, 5) is 19.3. The summed E-state index contributed by atoms with van der Waals surface area (Å²) in [7, 11) is 1.59. The molecule has 0 bridgehead atoms. The summed E-state index contributed by atoms with van der Waals surface area (Å²) in [5.41, 5.74) is 4.74. The fourth-order valence-corrected chi connectivity index (χ4v) is 5.29. The van der Waals surface area contributed by atoms with Crippen LogP contribution in [0.5, 0.6) is 11.5 Å². The monoisotopic (exact) mass is 523 g/mol. The third-order valence-electron chi connectivity index (χ3n) is 7.39. The molecule has 198 valence electrons. The van der Waals surface area contributed by atoms with Gasteiger partial charge in [-0.3, -0.25) is 9.78 Å². The van der Waals surface area contributed by atoms with E-state index in [2.05, 4.69) is 11.1 Å². The third kappa shape index (κ3) is 4.93. The number of carbonyl (C=O) groups excluding carboxylic acids is 1. The number of likely N-dealkylation sites (tertiary alicyclic amines) is 1. The van der Waals surface area contributed by atoms with Gasteiger partial charge in [0.15, 0.2) is 5.58 Å². The van der Waals surface area contributed by atoms with E-state index in [4.69, 9.17) is 18.6 Å². The summed E-state index contributed by atoms with van der Waals surface area (Å²) in [5.74, 6) is 1.74. The zero-order chi connectivity index (χ0) is 26.8. The van der Waals surface area contributed by atoms with E-state index in [1.54, 1.807) is 19.4 Å². The van der Waals surface area contributed by atoms with Crippen LogP contribution in [0.4, 0.5) is 0 Å². The van der Waals surface area contributed by atoms with Crippen LogP contribution < -0.4 is 9.47 Å². The van der Waals surface area contributed by atoms with Crippen LogP contribution >= 0.6 is 0 Å². The van der Waals surface area contributed by atoms with Gasteiger partial charge in [-0.2, -0.15) is 5.26 Å². The van der Waals surface area contributed by atoms with Gasteiger partial charge in [-0.15, -0.1) is 0 Å². The predicted octanol–water partition coefficient (Wildman–Crippen LogP) is 5.84. The second-order valence-electron chi connectivity index (χ2n) is 9.85. The molecule has 8 nitrogen and oxygen atoms in total. The molecule has 4 aromatic rings. The molecule has 1 amide bonds. The molecule has 2 aliphatic rings. The number of amides is 1. The van der Waals surface area contributed by atoms with E-state index in [-0.39, 0.29) is 12.0 Å². The topological polar surface area (TPSA) is 97.8 Å². The van der Waals surface area contributed by atoms with Crippen LogP contribution in [0.1, 0.15) is 41.6 Å². The third-order valence-corrected chi connectivity index (χ3v) is 7.39. The highest BCUT2D eigenvalue weighted by Gasteiger charge is 2.23. The van der Waals surface area contributed by atoms with Gasteiger partial charge in [-0.25, -0.2) is 0 Å². The number of carbonyl (C=O) groups is 1. The van der Waals surface area contributed by atoms with Crippen molar-refractivity contribution >= 4 is 17.0 Å². The molecular formula is C31H29N3O5. The van der Waals surface area contributed by atoms with Crippen LogP contribution in [0, 0.1) is 11.3 Å². The molecule has 0 N–H and O–H groups in total. The smallest absolute Gasteiger partial charge is 0.253 e. The fraction of sp³-hybridized carbons (Fsp3) is 0.323. The number of benzene rings is 2. The van der Waals surface area contributed by atoms with E-state index in [0.717, 1.165) is 55.5 Å². The van der Waals surface area contributed by atoms with Gasteiger partial charge in [-0.05, 0) is 54.8 Å². The van der Waals surface area contributed by atoms with Gasteiger partial charge in [-0.1, -0.05) is 6.07 Å². The normalized spacial score (nSPS) is 15.8. The zero-order valence-electron chi connectivity index (χ0n) is 21.8. The number of hydrogen-bond donors (Lipinski definition) is 0. The number of rotatable bonds is 6. The first-order valence-electron chi connectivity index (χ1n) is 13.3. The van der Waals surface area contributed by atoms with Crippen LogP contribution in [0.25, 0.3) is 33.6 Å². The number of fused-ring (bicyclic) bond motifs is 1. The van der Waals surface area contributed by atoms with E-state index in [9.17, 15) is 10.1 Å². The van der Waals surface area contributed by atoms with Gasteiger partial charge in [0, 0.05) is 49.3 Å². The summed E-state index contributed by atoms with van der Waals surface area (Å²) in [5, 5.41) is 9.84. The van der Waals surface area contributed by atoms with Gasteiger partial charge in [0.05, 0.1) is 31.5 Å². The van der Waals surface area contributed by atoms with Crippen molar-refractivity contribution in [2.75, 3.05) is 33.4 Å². The Labute approximate surface area is 226 Å². The predicted molar refractivity (Wildman–Crippen MR) is 146 cm³/mol. The summed E-state index contributed by atoms with van der Waals surface area (Å²) in [6, 6.07) is 17.1. The molecule has 6 rings (SSSR count). The molecule has 2 aromatic heterocycles. The molecular weight excluding hydrogens is 494 g/mol. The van der Waals surface area contributed by atoms with Gasteiger partial charge >= 0.3 is 0 Å². The van der Waals surface area contributed by atoms with Crippen molar-refractivity contribution in [3.63, 3.8) is 0 Å². The van der Waals surface area contributed by atoms with Crippen LogP contribution in [0.15, 0.2) is 59.1 Å². The minimum Gasteiger partial charge on any atom is -0.496 e. The Morgan fingerprint density at radius 3 is 2.62 bits per heavy atom. The van der Waals surface area contributed by atoms with E-state index >= 15 is 0 Å². The SMILES string of the molecule is COc1cc(C(=O)N2CCCC2)ccc1-c1cc2nccc(-c3ccc(OC4CCOCC4)c(C#N)c3)c2o1. The first-order chi connectivity index (χ1) is 19.1. The molecule has 0 atom stereocenters. The number of nitriles is 1. The van der Waals surface area contributed by atoms with Crippen molar-refractivity contribution in [2.24, 2.45) is 0 Å². The summed E-state index contributed by atoms with van der Waals surface area (Å²) in [6.45, 7) is 2.92. The molecule has 2 saturated heterocycles. The molecule has 2 aromatic carbocycles. The average molecular weight is 524 g/mol. The maximum Gasteiger partial charge on any atom is 0.253 e. The summed E-state index contributed by atoms with van der Waals surface area (Å²) < 4.78 is 23.5. The van der Waals surface area contributed by atoms with Crippen molar-refractivity contribution in [1.82, 2.24) is 9.88 Å². The minimum atomic E-state index is 0.0171. The molecule has 2 aliphatic heterocycles. The molecule has 2 fully saturated rings. The Morgan fingerprint density at radius 2 is 1.85 bits per heavy atom. The van der Waals surface area contributed by atoms with Crippen molar-refractivity contribution < 1.29 is 23.4 Å². The Balaban J connectivity index is 1.33. The fourth-order valence-electron chi connectivity index (χ4n) is 5.29. The first kappa shape index (κ1) is 25.0. The van der Waals surface area contributed by atoms with Gasteiger partial charge in [0.25, 0.3) is 5.91 Å². The Kier molecular flexibility index (Phi) is 6.91. The van der Waals surface area contributed by atoms with Gasteiger partial charge < -0.3 is 23.5 Å². The molecule has 4 heterocycles. The van der Waals surface area contributed by atoms with E-state index < -0.39 is 0 Å². The highest BCUT2D eigenvalue weighted by Crippen LogP contribution is 2.38. The molecule has 0 radical (unpaired) electrons. The van der Waals surface area contributed by atoms with Crippen molar-refractivity contribution in [2.45, 2.75) is 31.8 Å². The average Bonchev–Trinajstić information content (AvgIpc) is 3.68. The maximum absolute atomic E-state index is 12.9. The Morgan fingerprint density at radius 1 is 1.03 bits per heavy atom. The zero-order valence-corrected chi connectivity index (χ0v) is 21.8. The first-order valence-corrected chi connectivity index (χ1v) is 13.3. The number of nitrogens with zero attached hydrogens (tertiary/aromatic N) is 3. The number of hydrogen-bond acceptors (Lipinski definition) is 7. The van der Waals surface area contributed by atoms with Crippen molar-refractivity contribution in [1.29, 1.82) is 5.26 Å². The van der Waals surface area contributed by atoms with Crippen LogP contribution in [-0.2, 0) is 4.74 Å². The van der Waals surface area contributed by atoms with Gasteiger partial charge in [0.2, 0.25) is 0 Å². The molecule has 8 heteroatoms. The second kappa shape index (κ2) is 10.8. The maximum atomic E-state index is 12.9. The van der Waals surface area contributed by atoms with E-state index in [1.807, 2.05) is 47.4 Å². The van der Waals surface area contributed by atoms with Crippen molar-refractivity contribution in [3.8, 4) is 40.0 Å².